The van der Waals surface area contributed by atoms with Crippen molar-refractivity contribution in [3.63, 3.8) is 0 Å². The summed E-state index contributed by atoms with van der Waals surface area (Å²) in [6.45, 7) is 3.49. The summed E-state index contributed by atoms with van der Waals surface area (Å²) in [5.74, 6) is -0.775. The number of fused-ring (bicyclic) bond motifs is 1. The molecule has 27 heavy (non-hydrogen) atoms. The molecule has 0 bridgehead atoms. The zero-order chi connectivity index (χ0) is 18.6. The number of hydrogen-bond donors (Lipinski definition) is 1. The molecule has 1 aliphatic heterocycles. The van der Waals surface area contributed by atoms with E-state index in [0.29, 0.717) is 13.2 Å². The molecule has 1 aliphatic rings. The average Bonchev–Trinajstić information content (AvgIpc) is 3.06. The largest absolute Gasteiger partial charge is 0.481 e. The van der Waals surface area contributed by atoms with Gasteiger partial charge in [0, 0.05) is 37.4 Å². The molecule has 1 fully saturated rings. The molecule has 1 N–H and O–H groups in total. The fraction of sp³-hybridized carbons (Fsp3) is 0.318. The highest BCUT2D eigenvalue weighted by molar-refractivity contribution is 5.81. The van der Waals surface area contributed by atoms with Crippen molar-refractivity contribution in [3.05, 3.63) is 71.9 Å². The van der Waals surface area contributed by atoms with Gasteiger partial charge >= 0.3 is 5.97 Å². The Morgan fingerprint density at radius 2 is 1.93 bits per heavy atom. The summed E-state index contributed by atoms with van der Waals surface area (Å²) < 4.78 is 7.75. The molecule has 3 aromatic rings. The van der Waals surface area contributed by atoms with Crippen LogP contribution in [-0.2, 0) is 22.6 Å². The lowest BCUT2D eigenvalue weighted by molar-refractivity contribution is -0.140. The topological polar surface area (TPSA) is 54.7 Å². The number of carboxylic acid groups (broad SMARTS) is 1. The number of aliphatic carboxylic acids is 1. The third kappa shape index (κ3) is 4.21. The minimum absolute atomic E-state index is 0.0666. The third-order valence-corrected chi connectivity index (χ3v) is 5.18. The van der Waals surface area contributed by atoms with Gasteiger partial charge in [-0.3, -0.25) is 9.69 Å². The maximum Gasteiger partial charge on any atom is 0.305 e. The second-order valence-corrected chi connectivity index (χ2v) is 7.12. The van der Waals surface area contributed by atoms with Crippen molar-refractivity contribution in [1.82, 2.24) is 9.47 Å². The molecule has 1 atom stereocenters. The molecule has 1 unspecified atom stereocenters. The van der Waals surface area contributed by atoms with E-state index >= 15 is 0 Å². The number of hydrogen-bond acceptors (Lipinski definition) is 3. The molecule has 0 radical (unpaired) electrons. The standard InChI is InChI=1S/C22H24N2O3/c25-22(26)13-20-16-27-11-10-23(20)15-18-6-7-19-8-9-24(21(19)12-18)14-17-4-2-1-3-5-17/h1-9,12,20H,10-11,13-16H2,(H,25,26). The number of ether oxygens (including phenoxy) is 1. The zero-order valence-electron chi connectivity index (χ0n) is 15.3. The van der Waals surface area contributed by atoms with Crippen molar-refractivity contribution in [3.8, 4) is 0 Å². The van der Waals surface area contributed by atoms with Gasteiger partial charge in [-0.15, -0.1) is 0 Å². The van der Waals surface area contributed by atoms with Crippen molar-refractivity contribution in [2.45, 2.75) is 25.6 Å². The van der Waals surface area contributed by atoms with E-state index in [1.54, 1.807) is 0 Å². The van der Waals surface area contributed by atoms with E-state index in [4.69, 9.17) is 9.84 Å². The second kappa shape index (κ2) is 7.94. The summed E-state index contributed by atoms with van der Waals surface area (Å²) >= 11 is 0. The zero-order valence-corrected chi connectivity index (χ0v) is 15.3. The Kier molecular flexibility index (Phi) is 5.23. The van der Waals surface area contributed by atoms with Crippen LogP contribution in [0.25, 0.3) is 10.9 Å². The van der Waals surface area contributed by atoms with Crippen molar-refractivity contribution in [2.75, 3.05) is 19.8 Å². The Bertz CT molecular complexity index is 920. The second-order valence-electron chi connectivity index (χ2n) is 7.12. The fourth-order valence-electron chi connectivity index (χ4n) is 3.77. The monoisotopic (exact) mass is 364 g/mol. The van der Waals surface area contributed by atoms with E-state index in [0.717, 1.165) is 19.6 Å². The van der Waals surface area contributed by atoms with Gasteiger partial charge in [0.15, 0.2) is 0 Å². The molecule has 0 aliphatic carbocycles. The summed E-state index contributed by atoms with van der Waals surface area (Å²) in [6.07, 6.45) is 2.25. The highest BCUT2D eigenvalue weighted by atomic mass is 16.5. The molecule has 0 saturated carbocycles. The highest BCUT2D eigenvalue weighted by Gasteiger charge is 2.25. The number of rotatable bonds is 6. The van der Waals surface area contributed by atoms with Crippen LogP contribution in [0, 0.1) is 0 Å². The van der Waals surface area contributed by atoms with Crippen molar-refractivity contribution in [1.29, 1.82) is 0 Å². The summed E-state index contributed by atoms with van der Waals surface area (Å²) in [5.41, 5.74) is 3.68. The Hall–Kier alpha value is -2.63. The van der Waals surface area contributed by atoms with E-state index in [1.807, 2.05) is 6.07 Å². The van der Waals surface area contributed by atoms with Crippen LogP contribution in [0.2, 0.25) is 0 Å². The van der Waals surface area contributed by atoms with Crippen LogP contribution in [-0.4, -0.2) is 46.3 Å². The molecular formula is C22H24N2O3. The molecule has 2 heterocycles. The molecule has 140 valence electrons. The van der Waals surface area contributed by atoms with Crippen LogP contribution in [0.15, 0.2) is 60.8 Å². The number of nitrogens with zero attached hydrogens (tertiary/aromatic N) is 2. The fourth-order valence-corrected chi connectivity index (χ4v) is 3.77. The van der Waals surface area contributed by atoms with E-state index in [2.05, 4.69) is 64.2 Å². The first-order valence-corrected chi connectivity index (χ1v) is 9.34. The summed E-state index contributed by atoms with van der Waals surface area (Å²) in [4.78, 5) is 13.4. The number of carbonyl (C=O) groups is 1. The van der Waals surface area contributed by atoms with Crippen LogP contribution in [0.4, 0.5) is 0 Å². The molecule has 1 saturated heterocycles. The lowest BCUT2D eigenvalue weighted by Gasteiger charge is -2.34. The molecule has 4 rings (SSSR count). The van der Waals surface area contributed by atoms with Crippen molar-refractivity contribution < 1.29 is 14.6 Å². The number of morpholine rings is 1. The SMILES string of the molecule is O=C(O)CC1COCCN1Cc1ccc2ccn(Cc3ccccc3)c2c1. The van der Waals surface area contributed by atoms with E-state index in [-0.39, 0.29) is 12.5 Å². The first-order valence-electron chi connectivity index (χ1n) is 9.34. The number of benzene rings is 2. The Balaban J connectivity index is 1.55. The maximum absolute atomic E-state index is 11.1. The molecule has 5 nitrogen and oxygen atoms in total. The van der Waals surface area contributed by atoms with Gasteiger partial charge in [-0.2, -0.15) is 0 Å². The van der Waals surface area contributed by atoms with Crippen LogP contribution < -0.4 is 0 Å². The lowest BCUT2D eigenvalue weighted by atomic mass is 10.1. The first-order chi connectivity index (χ1) is 13.2. The molecule has 0 spiro atoms. The summed E-state index contributed by atoms with van der Waals surface area (Å²) in [6, 6.07) is 19.0. The van der Waals surface area contributed by atoms with Gasteiger partial charge in [0.1, 0.15) is 0 Å². The predicted octanol–water partition coefficient (Wildman–Crippen LogP) is 3.37. The van der Waals surface area contributed by atoms with Gasteiger partial charge in [-0.05, 0) is 28.6 Å². The van der Waals surface area contributed by atoms with E-state index < -0.39 is 5.97 Å². The van der Waals surface area contributed by atoms with Crippen LogP contribution in [0.3, 0.4) is 0 Å². The van der Waals surface area contributed by atoms with Gasteiger partial charge in [0.25, 0.3) is 0 Å². The van der Waals surface area contributed by atoms with Crippen molar-refractivity contribution >= 4 is 16.9 Å². The van der Waals surface area contributed by atoms with Gasteiger partial charge in [-0.1, -0.05) is 42.5 Å². The third-order valence-electron chi connectivity index (χ3n) is 5.18. The first kappa shape index (κ1) is 17.8. The highest BCUT2D eigenvalue weighted by Crippen LogP contribution is 2.22. The maximum atomic E-state index is 11.1. The van der Waals surface area contributed by atoms with E-state index in [9.17, 15) is 4.79 Å². The molecule has 2 aromatic carbocycles. The number of aromatic nitrogens is 1. The molecule has 1 aromatic heterocycles. The minimum Gasteiger partial charge on any atom is -0.481 e. The van der Waals surface area contributed by atoms with Crippen LogP contribution in [0.1, 0.15) is 17.5 Å². The van der Waals surface area contributed by atoms with Gasteiger partial charge < -0.3 is 14.4 Å². The normalized spacial score (nSPS) is 18.0. The van der Waals surface area contributed by atoms with E-state index in [1.165, 1.54) is 22.0 Å². The predicted molar refractivity (Wildman–Crippen MR) is 105 cm³/mol. The Morgan fingerprint density at radius 1 is 1.07 bits per heavy atom. The number of carboxylic acids is 1. The average molecular weight is 364 g/mol. The Morgan fingerprint density at radius 3 is 2.74 bits per heavy atom. The molecule has 0 amide bonds. The quantitative estimate of drug-likeness (QED) is 0.729. The summed E-state index contributed by atoms with van der Waals surface area (Å²) in [5, 5.41) is 10.4. The smallest absolute Gasteiger partial charge is 0.305 e. The van der Waals surface area contributed by atoms with Gasteiger partial charge in [-0.25, -0.2) is 0 Å². The molecular weight excluding hydrogens is 340 g/mol. The van der Waals surface area contributed by atoms with Crippen molar-refractivity contribution in [2.24, 2.45) is 0 Å². The lowest BCUT2D eigenvalue weighted by Crippen LogP contribution is -2.45. The minimum atomic E-state index is -0.775. The molecule has 5 heteroatoms. The summed E-state index contributed by atoms with van der Waals surface area (Å²) in [7, 11) is 0. The van der Waals surface area contributed by atoms with Crippen LogP contribution in [0.5, 0.6) is 0 Å². The van der Waals surface area contributed by atoms with Gasteiger partial charge in [0.2, 0.25) is 0 Å². The Labute approximate surface area is 158 Å². The van der Waals surface area contributed by atoms with Gasteiger partial charge in [0.05, 0.1) is 19.6 Å². The van der Waals surface area contributed by atoms with Crippen LogP contribution >= 0.6 is 0 Å².